The fraction of sp³-hybridized carbons (Fsp3) is 0.452. The van der Waals surface area contributed by atoms with Crippen LogP contribution in [0.5, 0.6) is 5.75 Å². The van der Waals surface area contributed by atoms with E-state index in [1.165, 1.54) is 17.5 Å². The number of carbonyl (C=O) groups is 2. The number of ether oxygens (including phenoxy) is 1. The number of carbonyl (C=O) groups excluding carboxylic acids is 2. The Kier molecular flexibility index (Phi) is 12.0. The lowest BCUT2D eigenvalue weighted by molar-refractivity contribution is -0.134. The number of unbranched alkanes of at least 4 members (excludes halogenated alkanes) is 4. The molecule has 0 bridgehead atoms. The Balaban J connectivity index is 0.775. The van der Waals surface area contributed by atoms with Crippen LogP contribution in [-0.2, 0) is 11.2 Å². The Hall–Kier alpha value is -4.66. The van der Waals surface area contributed by atoms with E-state index in [2.05, 4.69) is 74.3 Å². The second kappa shape index (κ2) is 17.6. The SMILES string of the molecule is CC(C)n1cnc2c(NCCc3c[nH]c4ccc(OC(=O)CCCCCNCCCCC[C@@H]5SC[C@@H]6NC(=O)N[C@@H]65)cc34)nc(-c3csc4ccccc34)nc21. The van der Waals surface area contributed by atoms with E-state index < -0.39 is 0 Å². The summed E-state index contributed by atoms with van der Waals surface area (Å²) < 4.78 is 9.08. The van der Waals surface area contributed by atoms with Crippen LogP contribution < -0.4 is 26.0 Å². The number of thiophene rings is 1. The van der Waals surface area contributed by atoms with E-state index in [0.29, 0.717) is 47.7 Å². The van der Waals surface area contributed by atoms with Crippen molar-refractivity contribution in [2.75, 3.05) is 30.7 Å². The van der Waals surface area contributed by atoms with Crippen molar-refractivity contribution in [3.05, 3.63) is 65.9 Å². The predicted octanol–water partition coefficient (Wildman–Crippen LogP) is 8.21. The number of imidazole rings is 1. The summed E-state index contributed by atoms with van der Waals surface area (Å²) in [5.41, 5.74) is 4.72. The van der Waals surface area contributed by atoms with Gasteiger partial charge in [-0.1, -0.05) is 37.5 Å². The van der Waals surface area contributed by atoms with E-state index >= 15 is 0 Å². The molecule has 3 atom stereocenters. The zero-order valence-electron chi connectivity index (χ0n) is 32.1. The van der Waals surface area contributed by atoms with Gasteiger partial charge < -0.3 is 35.6 Å². The molecule has 6 aromatic rings. The molecule has 2 aliphatic heterocycles. The molecule has 2 aliphatic rings. The number of anilines is 1. The number of esters is 1. The number of hydrogen-bond donors (Lipinski definition) is 5. The van der Waals surface area contributed by atoms with Crippen molar-refractivity contribution in [2.45, 2.75) is 95.0 Å². The molecule has 12 nitrogen and oxygen atoms in total. The molecule has 294 valence electrons. The maximum absolute atomic E-state index is 12.7. The third kappa shape index (κ3) is 8.67. The fourth-order valence-corrected chi connectivity index (χ4v) is 10.3. The van der Waals surface area contributed by atoms with Crippen LogP contribution in [0.15, 0.2) is 60.4 Å². The van der Waals surface area contributed by atoms with Crippen LogP contribution in [0.3, 0.4) is 0 Å². The minimum atomic E-state index is -0.196. The number of fused-ring (bicyclic) bond motifs is 4. The number of benzene rings is 2. The Morgan fingerprint density at radius 3 is 2.73 bits per heavy atom. The third-order valence-corrected chi connectivity index (χ3v) is 13.3. The summed E-state index contributed by atoms with van der Waals surface area (Å²) in [5, 5.41) is 18.1. The van der Waals surface area contributed by atoms with Gasteiger partial charge in [-0.25, -0.2) is 19.7 Å². The molecule has 0 unspecified atom stereocenters. The fourth-order valence-electron chi connectivity index (χ4n) is 7.85. The highest BCUT2D eigenvalue weighted by Crippen LogP contribution is 2.35. The average Bonchev–Trinajstić information content (AvgIpc) is 4.03. The molecule has 4 aromatic heterocycles. The Labute approximate surface area is 335 Å². The largest absolute Gasteiger partial charge is 0.427 e. The second-order valence-electron chi connectivity index (χ2n) is 15.2. The number of nitrogens with zero attached hydrogens (tertiary/aromatic N) is 4. The van der Waals surface area contributed by atoms with Crippen LogP contribution in [0.2, 0.25) is 0 Å². The Morgan fingerprint density at radius 1 is 1.00 bits per heavy atom. The molecule has 2 saturated heterocycles. The van der Waals surface area contributed by atoms with Crippen LogP contribution in [-0.4, -0.2) is 79.2 Å². The number of amides is 2. The molecule has 0 spiro atoms. The monoisotopic (exact) mass is 793 g/mol. The molecular weight excluding hydrogens is 743 g/mol. The lowest BCUT2D eigenvalue weighted by Gasteiger charge is -2.16. The van der Waals surface area contributed by atoms with E-state index in [4.69, 9.17) is 19.7 Å². The lowest BCUT2D eigenvalue weighted by atomic mass is 10.0. The summed E-state index contributed by atoms with van der Waals surface area (Å²) in [5.74, 6) is 2.80. The molecule has 2 aromatic carbocycles. The normalized spacial score (nSPS) is 17.9. The van der Waals surface area contributed by atoms with Crippen LogP contribution in [0.25, 0.3) is 43.5 Å². The molecule has 56 heavy (non-hydrogen) atoms. The maximum atomic E-state index is 12.7. The first-order valence-electron chi connectivity index (χ1n) is 20.1. The number of aromatic nitrogens is 5. The van der Waals surface area contributed by atoms with E-state index in [1.807, 2.05) is 42.5 Å². The topological polar surface area (TPSA) is 151 Å². The zero-order chi connectivity index (χ0) is 38.4. The van der Waals surface area contributed by atoms with Crippen LogP contribution in [0.4, 0.5) is 10.6 Å². The quantitative estimate of drug-likeness (QED) is 0.0237. The van der Waals surface area contributed by atoms with Crippen LogP contribution in [0, 0.1) is 0 Å². The summed E-state index contributed by atoms with van der Waals surface area (Å²) in [6.07, 6.45) is 12.6. The minimum absolute atomic E-state index is 0.00788. The van der Waals surface area contributed by atoms with Gasteiger partial charge in [-0.2, -0.15) is 11.8 Å². The first kappa shape index (κ1) is 38.2. The molecule has 8 rings (SSSR count). The first-order chi connectivity index (χ1) is 27.4. The highest BCUT2D eigenvalue weighted by Gasteiger charge is 2.42. The van der Waals surface area contributed by atoms with Gasteiger partial charge in [-0.05, 0) is 88.9 Å². The van der Waals surface area contributed by atoms with E-state index in [-0.39, 0.29) is 18.0 Å². The molecule has 5 N–H and O–H groups in total. The van der Waals surface area contributed by atoms with Gasteiger partial charge in [-0.3, -0.25) is 4.79 Å². The molecule has 0 radical (unpaired) electrons. The molecule has 2 fully saturated rings. The Bertz CT molecular complexity index is 2300. The number of thioether (sulfide) groups is 1. The molecule has 0 aliphatic carbocycles. The smallest absolute Gasteiger partial charge is 0.315 e. The van der Waals surface area contributed by atoms with Gasteiger partial charge >= 0.3 is 12.0 Å². The van der Waals surface area contributed by atoms with E-state index in [9.17, 15) is 9.59 Å². The molecule has 2 amide bonds. The Morgan fingerprint density at radius 2 is 1.86 bits per heavy atom. The highest BCUT2D eigenvalue weighted by atomic mass is 32.2. The van der Waals surface area contributed by atoms with Gasteiger partial charge in [-0.15, -0.1) is 11.3 Å². The van der Waals surface area contributed by atoms with Crippen molar-refractivity contribution in [3.63, 3.8) is 0 Å². The molecule has 6 heterocycles. The number of H-pyrrole nitrogens is 1. The van der Waals surface area contributed by atoms with Crippen molar-refractivity contribution in [1.29, 1.82) is 0 Å². The summed E-state index contributed by atoms with van der Waals surface area (Å²) >= 11 is 3.69. The number of nitrogens with one attached hydrogen (secondary N) is 5. The number of aromatic amines is 1. The van der Waals surface area contributed by atoms with Crippen molar-refractivity contribution in [2.24, 2.45) is 0 Å². The zero-order valence-corrected chi connectivity index (χ0v) is 33.7. The first-order valence-corrected chi connectivity index (χ1v) is 22.0. The molecule has 0 saturated carbocycles. The third-order valence-electron chi connectivity index (χ3n) is 10.9. The van der Waals surface area contributed by atoms with Gasteiger partial charge in [0.2, 0.25) is 0 Å². The van der Waals surface area contributed by atoms with Crippen LogP contribution >= 0.6 is 23.1 Å². The van der Waals surface area contributed by atoms with Gasteiger partial charge in [0.25, 0.3) is 0 Å². The standard InChI is InChI=1S/C42H51N9O3S2/c1-26(2)51-25-46-38-40(49-39(50-41(38)51)31-23-55-34-12-8-7-11-29(31)34)44-20-17-27-22-45-32-16-15-28(21-30(27)32)54-36(52)14-6-4-10-19-43-18-9-3-5-13-35-37-33(24-56-35)47-42(53)48-37/h7-8,11-12,15-16,21-23,25-26,33,35,37,43,45H,3-6,9-10,13-14,17-20,24H2,1-2H3,(H,44,49,50)(H2,47,48,53)/t33-,35-,37-/m0/s1. The van der Waals surface area contributed by atoms with Gasteiger partial charge in [0.1, 0.15) is 11.3 Å². The summed E-state index contributed by atoms with van der Waals surface area (Å²) in [6, 6.07) is 15.0. The van der Waals surface area contributed by atoms with Crippen molar-refractivity contribution in [3.8, 4) is 17.1 Å². The number of urea groups is 1. The highest BCUT2D eigenvalue weighted by molar-refractivity contribution is 8.00. The van der Waals surface area contributed by atoms with E-state index in [1.54, 1.807) is 11.3 Å². The van der Waals surface area contributed by atoms with Crippen LogP contribution in [0.1, 0.15) is 76.8 Å². The predicted molar refractivity (Wildman–Crippen MR) is 228 cm³/mol. The van der Waals surface area contributed by atoms with Crippen molar-refractivity contribution in [1.82, 2.24) is 40.5 Å². The van der Waals surface area contributed by atoms with Crippen molar-refractivity contribution >= 4 is 73.1 Å². The number of hydrogen-bond acceptors (Lipinski definition) is 10. The van der Waals surface area contributed by atoms with E-state index in [0.717, 1.165) is 95.9 Å². The maximum Gasteiger partial charge on any atom is 0.315 e. The summed E-state index contributed by atoms with van der Waals surface area (Å²) in [7, 11) is 0. The lowest BCUT2D eigenvalue weighted by Crippen LogP contribution is -2.36. The van der Waals surface area contributed by atoms with Gasteiger partial charge in [0.05, 0.1) is 18.4 Å². The average molecular weight is 794 g/mol. The molecular formula is C42H51N9O3S2. The van der Waals surface area contributed by atoms with Gasteiger partial charge in [0, 0.05) is 68.1 Å². The van der Waals surface area contributed by atoms with Crippen molar-refractivity contribution < 1.29 is 14.3 Å². The summed E-state index contributed by atoms with van der Waals surface area (Å²) in [4.78, 5) is 42.4. The summed E-state index contributed by atoms with van der Waals surface area (Å²) in [6.45, 7) is 6.88. The second-order valence-corrected chi connectivity index (χ2v) is 17.3. The minimum Gasteiger partial charge on any atom is -0.427 e. The number of rotatable bonds is 19. The van der Waals surface area contributed by atoms with Gasteiger partial charge in [0.15, 0.2) is 17.3 Å². The molecule has 14 heteroatoms.